The Bertz CT molecular complexity index is 931. The van der Waals surface area contributed by atoms with E-state index in [1.165, 1.54) is 30.1 Å². The monoisotopic (exact) mass is 375 g/mol. The summed E-state index contributed by atoms with van der Waals surface area (Å²) in [5, 5.41) is 11.9. The number of aryl methyl sites for hydroxylation is 1. The summed E-state index contributed by atoms with van der Waals surface area (Å²) in [6.45, 7) is 5.95. The van der Waals surface area contributed by atoms with Crippen LogP contribution in [0.2, 0.25) is 0 Å². The molecule has 1 N–H and O–H groups in total. The van der Waals surface area contributed by atoms with Crippen molar-refractivity contribution >= 4 is 5.91 Å². The number of hydrogen-bond acceptors (Lipinski definition) is 5. The van der Waals surface area contributed by atoms with Crippen LogP contribution in [0, 0.1) is 12.7 Å². The molecule has 0 saturated carbocycles. The molecule has 0 bridgehead atoms. The van der Waals surface area contributed by atoms with Crippen LogP contribution in [0.15, 0.2) is 29.2 Å². The molecule has 3 rings (SSSR count). The lowest BCUT2D eigenvalue weighted by molar-refractivity contribution is 0.0628. The third kappa shape index (κ3) is 3.22. The highest BCUT2D eigenvalue weighted by Gasteiger charge is 2.33. The molecule has 1 aliphatic heterocycles. The van der Waals surface area contributed by atoms with Gasteiger partial charge in [0.25, 0.3) is 5.91 Å². The Morgan fingerprint density at radius 3 is 2.59 bits per heavy atom. The molecule has 0 aliphatic carbocycles. The summed E-state index contributed by atoms with van der Waals surface area (Å²) in [4.78, 5) is 26.1. The number of pyridine rings is 1. The Balaban J connectivity index is 2.06. The van der Waals surface area contributed by atoms with E-state index in [0.29, 0.717) is 11.1 Å². The van der Waals surface area contributed by atoms with Gasteiger partial charge in [0, 0.05) is 18.3 Å². The smallest absolute Gasteiger partial charge is 0.278 e. The molecule has 2 heterocycles. The first-order valence-corrected chi connectivity index (χ1v) is 8.58. The molecule has 1 aliphatic rings. The number of amides is 1. The molecule has 27 heavy (non-hydrogen) atoms. The van der Waals surface area contributed by atoms with E-state index < -0.39 is 22.9 Å². The number of benzene rings is 1. The van der Waals surface area contributed by atoms with Gasteiger partial charge >= 0.3 is 0 Å². The lowest BCUT2D eigenvalue weighted by atomic mass is 10.1. The van der Waals surface area contributed by atoms with Gasteiger partial charge in [-0.3, -0.25) is 19.3 Å². The second-order valence-electron chi connectivity index (χ2n) is 6.82. The molecule has 0 unspecified atom stereocenters. The van der Waals surface area contributed by atoms with E-state index in [9.17, 15) is 19.1 Å². The number of aromatic hydroxyl groups is 1. The molecule has 1 aromatic carbocycles. The minimum absolute atomic E-state index is 0.0897. The Morgan fingerprint density at radius 2 is 2.00 bits per heavy atom. The topological polar surface area (TPSA) is 75.0 Å². The quantitative estimate of drug-likeness (QED) is 0.884. The lowest BCUT2D eigenvalue weighted by Gasteiger charge is -2.41. The molecule has 0 fully saturated rings. The molecule has 7 nitrogen and oxygen atoms in total. The maximum Gasteiger partial charge on any atom is 0.278 e. The first-order valence-electron chi connectivity index (χ1n) is 8.58. The molecule has 8 heteroatoms. The third-order valence-corrected chi connectivity index (χ3v) is 4.62. The zero-order valence-electron chi connectivity index (χ0n) is 15.7. The SMILES string of the molecule is COc1c(C)cc(CN2CN(C(C)C)C(=O)c3c(O)c(=O)ccn32)cc1F. The number of rotatable bonds is 4. The lowest BCUT2D eigenvalue weighted by Crippen LogP contribution is -2.55. The number of aromatic nitrogens is 1. The average molecular weight is 375 g/mol. The van der Waals surface area contributed by atoms with Gasteiger partial charge in [0.1, 0.15) is 6.67 Å². The van der Waals surface area contributed by atoms with Crippen LogP contribution in [-0.2, 0) is 6.54 Å². The number of methoxy groups -OCH3 is 1. The second kappa shape index (κ2) is 6.94. The van der Waals surface area contributed by atoms with Crippen LogP contribution in [0.3, 0.4) is 0 Å². The van der Waals surface area contributed by atoms with Crippen LogP contribution < -0.4 is 15.2 Å². The van der Waals surface area contributed by atoms with Crippen LogP contribution in [0.1, 0.15) is 35.5 Å². The summed E-state index contributed by atoms with van der Waals surface area (Å²) in [7, 11) is 1.41. The highest BCUT2D eigenvalue weighted by Crippen LogP contribution is 2.26. The van der Waals surface area contributed by atoms with Gasteiger partial charge in [0.2, 0.25) is 5.43 Å². The van der Waals surface area contributed by atoms with E-state index >= 15 is 0 Å². The molecule has 0 radical (unpaired) electrons. The van der Waals surface area contributed by atoms with Gasteiger partial charge in [-0.15, -0.1) is 0 Å². The summed E-state index contributed by atoms with van der Waals surface area (Å²) >= 11 is 0. The molecule has 0 saturated heterocycles. The highest BCUT2D eigenvalue weighted by atomic mass is 19.1. The summed E-state index contributed by atoms with van der Waals surface area (Å²) in [5.41, 5.74) is 0.622. The van der Waals surface area contributed by atoms with Gasteiger partial charge in [-0.05, 0) is 38.0 Å². The first kappa shape index (κ1) is 18.8. The largest absolute Gasteiger partial charge is 0.502 e. The predicted octanol–water partition coefficient (Wildman–Crippen LogP) is 1.97. The van der Waals surface area contributed by atoms with Crippen molar-refractivity contribution in [3.8, 4) is 11.5 Å². The van der Waals surface area contributed by atoms with E-state index in [1.54, 1.807) is 22.9 Å². The van der Waals surface area contributed by atoms with Crippen molar-refractivity contribution in [1.29, 1.82) is 0 Å². The molecule has 1 aromatic heterocycles. The number of carbonyl (C=O) groups excluding carboxylic acids is 1. The number of hydrogen-bond donors (Lipinski definition) is 1. The Hall–Kier alpha value is -3.03. The first-order chi connectivity index (χ1) is 12.7. The maximum absolute atomic E-state index is 14.2. The van der Waals surface area contributed by atoms with Crippen molar-refractivity contribution in [2.45, 2.75) is 33.4 Å². The van der Waals surface area contributed by atoms with Gasteiger partial charge in [0.15, 0.2) is 23.0 Å². The van der Waals surface area contributed by atoms with Crippen molar-refractivity contribution in [2.75, 3.05) is 18.8 Å². The second-order valence-corrected chi connectivity index (χ2v) is 6.82. The highest BCUT2D eigenvalue weighted by molar-refractivity contribution is 5.96. The van der Waals surface area contributed by atoms with Crippen LogP contribution in [-0.4, -0.2) is 40.4 Å². The van der Waals surface area contributed by atoms with E-state index in [0.717, 1.165) is 0 Å². The number of halogens is 1. The van der Waals surface area contributed by atoms with Crippen molar-refractivity contribution in [2.24, 2.45) is 0 Å². The van der Waals surface area contributed by atoms with Crippen molar-refractivity contribution in [1.82, 2.24) is 9.58 Å². The van der Waals surface area contributed by atoms with Crippen molar-refractivity contribution < 1.29 is 19.0 Å². The van der Waals surface area contributed by atoms with E-state index in [-0.39, 0.29) is 30.7 Å². The number of carbonyl (C=O) groups is 1. The van der Waals surface area contributed by atoms with Crippen LogP contribution in [0.25, 0.3) is 0 Å². The molecule has 144 valence electrons. The van der Waals surface area contributed by atoms with Gasteiger partial charge in [0.05, 0.1) is 13.7 Å². The molecule has 2 aromatic rings. The van der Waals surface area contributed by atoms with Crippen molar-refractivity contribution in [3.63, 3.8) is 0 Å². The minimum atomic E-state index is -0.619. The zero-order valence-corrected chi connectivity index (χ0v) is 15.7. The van der Waals surface area contributed by atoms with Gasteiger partial charge in [-0.2, -0.15) is 0 Å². The number of ether oxygens (including phenoxy) is 1. The summed E-state index contributed by atoms with van der Waals surface area (Å²) in [5.74, 6) is -1.29. The van der Waals surface area contributed by atoms with E-state index in [1.807, 2.05) is 13.8 Å². The standard InChI is InChI=1S/C19H22FN3O4/c1-11(2)22-10-21(9-13-7-12(3)18(27-4)14(20)8-13)23-6-5-15(24)17(25)16(23)19(22)26/h5-8,11,25H,9-10H2,1-4H3. The number of fused-ring (bicyclic) bond motifs is 1. The van der Waals surface area contributed by atoms with E-state index in [2.05, 4.69) is 0 Å². The fraction of sp³-hybridized carbons (Fsp3) is 0.368. The van der Waals surface area contributed by atoms with Gasteiger partial charge in [-0.25, -0.2) is 4.39 Å². The fourth-order valence-corrected chi connectivity index (χ4v) is 3.28. The zero-order chi connectivity index (χ0) is 19.9. The summed E-state index contributed by atoms with van der Waals surface area (Å²) in [6.07, 6.45) is 1.44. The average Bonchev–Trinajstić information content (AvgIpc) is 2.59. The molecular weight excluding hydrogens is 353 g/mol. The third-order valence-electron chi connectivity index (χ3n) is 4.62. The fourth-order valence-electron chi connectivity index (χ4n) is 3.28. The molecule has 0 atom stereocenters. The van der Waals surface area contributed by atoms with Crippen LogP contribution >= 0.6 is 0 Å². The number of nitrogens with zero attached hydrogens (tertiary/aromatic N) is 3. The normalized spacial score (nSPS) is 13.9. The van der Waals surface area contributed by atoms with E-state index in [4.69, 9.17) is 4.74 Å². The van der Waals surface area contributed by atoms with Gasteiger partial charge < -0.3 is 14.7 Å². The Morgan fingerprint density at radius 1 is 1.30 bits per heavy atom. The molecule has 1 amide bonds. The van der Waals surface area contributed by atoms with Gasteiger partial charge in [-0.1, -0.05) is 6.07 Å². The Kier molecular flexibility index (Phi) is 4.82. The van der Waals surface area contributed by atoms with Crippen LogP contribution in [0.5, 0.6) is 11.5 Å². The predicted molar refractivity (Wildman–Crippen MR) is 98.1 cm³/mol. The Labute approximate surface area is 156 Å². The van der Waals surface area contributed by atoms with Crippen LogP contribution in [0.4, 0.5) is 4.39 Å². The summed E-state index contributed by atoms with van der Waals surface area (Å²) < 4.78 is 20.8. The maximum atomic E-state index is 14.2. The van der Waals surface area contributed by atoms with Crippen molar-refractivity contribution in [3.05, 3.63) is 57.3 Å². The summed E-state index contributed by atoms with van der Waals surface area (Å²) in [6, 6.07) is 4.24. The molecular formula is C19H22FN3O4. The molecule has 0 spiro atoms. The minimum Gasteiger partial charge on any atom is -0.502 e.